The molecule has 0 aromatic rings. The Labute approximate surface area is 134 Å². The number of aliphatic carboxylic acids is 1. The van der Waals surface area contributed by atoms with E-state index in [1.807, 2.05) is 0 Å². The van der Waals surface area contributed by atoms with E-state index in [9.17, 15) is 4.79 Å². The molecule has 4 heteroatoms. The van der Waals surface area contributed by atoms with Crippen LogP contribution in [0.1, 0.15) is 64.2 Å². The Hall–Kier alpha value is -0.610. The van der Waals surface area contributed by atoms with E-state index >= 15 is 0 Å². The van der Waals surface area contributed by atoms with Crippen molar-refractivity contribution in [3.63, 3.8) is 0 Å². The Bertz CT molecular complexity index is 364. The number of likely N-dealkylation sites (tertiary alicyclic amines) is 1. The van der Waals surface area contributed by atoms with Crippen LogP contribution in [0.2, 0.25) is 0 Å². The number of carbonyl (C=O) groups is 1. The van der Waals surface area contributed by atoms with E-state index in [0.717, 1.165) is 18.9 Å². The SMILES string of the molecule is O=C(O)CCC1CC(NC2CCCCC2)CN(CC2CC2)C1. The average Bonchev–Trinajstić information content (AvgIpc) is 3.30. The molecule has 2 N–H and O–H groups in total. The summed E-state index contributed by atoms with van der Waals surface area (Å²) in [4.78, 5) is 13.5. The van der Waals surface area contributed by atoms with Gasteiger partial charge in [0.05, 0.1) is 0 Å². The van der Waals surface area contributed by atoms with Gasteiger partial charge in [-0.05, 0) is 50.4 Å². The lowest BCUT2D eigenvalue weighted by Gasteiger charge is -2.40. The third-order valence-corrected chi connectivity index (χ3v) is 5.67. The highest BCUT2D eigenvalue weighted by atomic mass is 16.4. The van der Waals surface area contributed by atoms with Gasteiger partial charge in [0.1, 0.15) is 0 Å². The molecule has 3 aliphatic rings. The van der Waals surface area contributed by atoms with Crippen LogP contribution in [0.4, 0.5) is 0 Å². The standard InChI is InChI=1S/C18H32N2O2/c21-18(22)9-8-15-10-17(19-16-4-2-1-3-5-16)13-20(12-15)11-14-6-7-14/h14-17,19H,1-13H2,(H,21,22). The third kappa shape index (κ3) is 5.24. The molecule has 0 aromatic carbocycles. The van der Waals surface area contributed by atoms with Crippen LogP contribution >= 0.6 is 0 Å². The number of carboxylic acids is 1. The molecule has 0 spiro atoms. The topological polar surface area (TPSA) is 52.6 Å². The number of hydrogen-bond donors (Lipinski definition) is 2. The summed E-state index contributed by atoms with van der Waals surface area (Å²) in [6, 6.07) is 1.29. The summed E-state index contributed by atoms with van der Waals surface area (Å²) < 4.78 is 0. The van der Waals surface area contributed by atoms with Crippen LogP contribution in [0.3, 0.4) is 0 Å². The van der Waals surface area contributed by atoms with Crippen molar-refractivity contribution in [3.05, 3.63) is 0 Å². The van der Waals surface area contributed by atoms with E-state index in [-0.39, 0.29) is 0 Å². The lowest BCUT2D eigenvalue weighted by molar-refractivity contribution is -0.137. The Balaban J connectivity index is 1.51. The average molecular weight is 308 g/mol. The smallest absolute Gasteiger partial charge is 0.303 e. The van der Waals surface area contributed by atoms with Crippen molar-refractivity contribution in [2.45, 2.75) is 76.3 Å². The lowest BCUT2D eigenvalue weighted by Crippen LogP contribution is -2.52. The monoisotopic (exact) mass is 308 g/mol. The van der Waals surface area contributed by atoms with Gasteiger partial charge in [-0.25, -0.2) is 0 Å². The minimum Gasteiger partial charge on any atom is -0.481 e. The van der Waals surface area contributed by atoms with Crippen molar-refractivity contribution in [1.82, 2.24) is 10.2 Å². The number of nitrogens with one attached hydrogen (secondary N) is 1. The summed E-state index contributed by atoms with van der Waals surface area (Å²) in [6.45, 7) is 3.54. The molecule has 3 rings (SSSR count). The molecule has 4 nitrogen and oxygen atoms in total. The van der Waals surface area contributed by atoms with Gasteiger partial charge in [-0.1, -0.05) is 19.3 Å². The van der Waals surface area contributed by atoms with Gasteiger partial charge in [-0.2, -0.15) is 0 Å². The van der Waals surface area contributed by atoms with Gasteiger partial charge < -0.3 is 15.3 Å². The predicted octanol–water partition coefficient (Wildman–Crippen LogP) is 2.87. The summed E-state index contributed by atoms with van der Waals surface area (Å²) in [5.41, 5.74) is 0. The molecule has 2 unspecified atom stereocenters. The highest BCUT2D eigenvalue weighted by molar-refractivity contribution is 5.66. The van der Waals surface area contributed by atoms with Crippen molar-refractivity contribution in [3.8, 4) is 0 Å². The third-order valence-electron chi connectivity index (χ3n) is 5.67. The van der Waals surface area contributed by atoms with Gasteiger partial charge in [0.2, 0.25) is 0 Å². The zero-order valence-electron chi connectivity index (χ0n) is 13.8. The molecular formula is C18H32N2O2. The van der Waals surface area contributed by atoms with Gasteiger partial charge >= 0.3 is 5.97 Å². The molecule has 1 saturated heterocycles. The fourth-order valence-corrected chi connectivity index (χ4v) is 4.38. The number of carboxylic acid groups (broad SMARTS) is 1. The Kier molecular flexibility index (Phi) is 5.75. The molecule has 2 saturated carbocycles. The van der Waals surface area contributed by atoms with Crippen molar-refractivity contribution >= 4 is 5.97 Å². The molecule has 0 bridgehead atoms. The van der Waals surface area contributed by atoms with Crippen LogP contribution in [0.25, 0.3) is 0 Å². The van der Waals surface area contributed by atoms with Crippen molar-refractivity contribution < 1.29 is 9.90 Å². The van der Waals surface area contributed by atoms with E-state index in [4.69, 9.17) is 5.11 Å². The summed E-state index contributed by atoms with van der Waals surface area (Å²) in [7, 11) is 0. The normalized spacial score (nSPS) is 31.3. The number of nitrogens with zero attached hydrogens (tertiary/aromatic N) is 1. The Morgan fingerprint density at radius 2 is 1.77 bits per heavy atom. The second kappa shape index (κ2) is 7.78. The molecule has 126 valence electrons. The number of hydrogen-bond acceptors (Lipinski definition) is 3. The predicted molar refractivity (Wildman–Crippen MR) is 87.9 cm³/mol. The van der Waals surface area contributed by atoms with Crippen LogP contribution in [-0.4, -0.2) is 47.7 Å². The maximum atomic E-state index is 10.9. The molecule has 3 fully saturated rings. The van der Waals surface area contributed by atoms with Gasteiger partial charge in [-0.3, -0.25) is 4.79 Å². The summed E-state index contributed by atoms with van der Waals surface area (Å²) in [5.74, 6) is 0.842. The van der Waals surface area contributed by atoms with Crippen LogP contribution in [0.15, 0.2) is 0 Å². The fourth-order valence-electron chi connectivity index (χ4n) is 4.38. The van der Waals surface area contributed by atoms with Crippen LogP contribution < -0.4 is 5.32 Å². The lowest BCUT2D eigenvalue weighted by atomic mass is 9.88. The van der Waals surface area contributed by atoms with Gasteiger partial charge in [0.15, 0.2) is 0 Å². The van der Waals surface area contributed by atoms with Crippen LogP contribution in [-0.2, 0) is 4.79 Å². The zero-order chi connectivity index (χ0) is 15.4. The zero-order valence-corrected chi connectivity index (χ0v) is 13.8. The largest absolute Gasteiger partial charge is 0.481 e. The summed E-state index contributed by atoms with van der Waals surface area (Å²) >= 11 is 0. The van der Waals surface area contributed by atoms with E-state index in [0.29, 0.717) is 24.4 Å². The maximum absolute atomic E-state index is 10.9. The van der Waals surface area contributed by atoms with E-state index in [1.165, 1.54) is 64.5 Å². The second-order valence-electron chi connectivity index (χ2n) is 7.89. The highest BCUT2D eigenvalue weighted by Gasteiger charge is 2.32. The number of piperidine rings is 1. The first-order valence-corrected chi connectivity index (χ1v) is 9.39. The fraction of sp³-hybridized carbons (Fsp3) is 0.944. The maximum Gasteiger partial charge on any atom is 0.303 e. The minimum absolute atomic E-state index is 0.331. The molecule has 0 radical (unpaired) electrons. The van der Waals surface area contributed by atoms with Crippen molar-refractivity contribution in [2.24, 2.45) is 11.8 Å². The number of rotatable bonds is 7. The Morgan fingerprint density at radius 1 is 1.00 bits per heavy atom. The van der Waals surface area contributed by atoms with Crippen molar-refractivity contribution in [2.75, 3.05) is 19.6 Å². The molecule has 2 aliphatic carbocycles. The molecule has 1 heterocycles. The first-order valence-electron chi connectivity index (χ1n) is 9.39. The quantitative estimate of drug-likeness (QED) is 0.759. The van der Waals surface area contributed by atoms with Crippen molar-refractivity contribution in [1.29, 1.82) is 0 Å². The van der Waals surface area contributed by atoms with Gasteiger partial charge in [0, 0.05) is 38.1 Å². The van der Waals surface area contributed by atoms with Crippen LogP contribution in [0.5, 0.6) is 0 Å². The summed E-state index contributed by atoms with van der Waals surface area (Å²) in [5, 5.41) is 12.9. The first-order chi connectivity index (χ1) is 10.7. The minimum atomic E-state index is -0.642. The van der Waals surface area contributed by atoms with Crippen LogP contribution in [0, 0.1) is 11.8 Å². The van der Waals surface area contributed by atoms with Gasteiger partial charge in [0.25, 0.3) is 0 Å². The molecule has 1 aliphatic heterocycles. The molecule has 2 atom stereocenters. The summed E-state index contributed by atoms with van der Waals surface area (Å²) in [6.07, 6.45) is 12.0. The molecule has 22 heavy (non-hydrogen) atoms. The second-order valence-corrected chi connectivity index (χ2v) is 7.89. The molecular weight excluding hydrogens is 276 g/mol. The first kappa shape index (κ1) is 16.3. The van der Waals surface area contributed by atoms with E-state index in [1.54, 1.807) is 0 Å². The highest BCUT2D eigenvalue weighted by Crippen LogP contribution is 2.32. The van der Waals surface area contributed by atoms with E-state index in [2.05, 4.69) is 10.2 Å². The molecule has 0 amide bonds. The van der Waals surface area contributed by atoms with E-state index < -0.39 is 5.97 Å². The molecule has 0 aromatic heterocycles. The van der Waals surface area contributed by atoms with Gasteiger partial charge in [-0.15, -0.1) is 0 Å². The Morgan fingerprint density at radius 3 is 2.45 bits per heavy atom.